The average Bonchev–Trinajstić information content (AvgIpc) is 2.92. The Kier molecular flexibility index (Phi) is 7.91. The third kappa shape index (κ3) is 5.98. The molecule has 0 aliphatic carbocycles. The molecule has 4 aromatic rings. The third-order valence-corrected chi connectivity index (χ3v) is 7.12. The minimum absolute atomic E-state index is 0.0516. The molecule has 196 valence electrons. The molecule has 2 heterocycles. The number of carbonyl (C=O) groups excluding carboxylic acids is 1. The maximum atomic E-state index is 12.8. The van der Waals surface area contributed by atoms with E-state index in [1.807, 2.05) is 18.2 Å². The number of rotatable bonds is 8. The smallest absolute Gasteiger partial charge is 0.333 e. The lowest BCUT2D eigenvalue weighted by molar-refractivity contribution is -0.120. The molecule has 9 heteroatoms. The van der Waals surface area contributed by atoms with Gasteiger partial charge in [-0.1, -0.05) is 41.9 Å². The number of amides is 1. The van der Waals surface area contributed by atoms with E-state index in [1.165, 1.54) is 0 Å². The summed E-state index contributed by atoms with van der Waals surface area (Å²) >= 11 is 6.12. The molecule has 1 aromatic heterocycles. The highest BCUT2D eigenvalue weighted by Crippen LogP contribution is 2.20. The van der Waals surface area contributed by atoms with Crippen LogP contribution in [0.1, 0.15) is 12.0 Å². The summed E-state index contributed by atoms with van der Waals surface area (Å²) in [6.45, 7) is 5.44. The second kappa shape index (κ2) is 11.7. The van der Waals surface area contributed by atoms with Crippen molar-refractivity contribution in [3.63, 3.8) is 0 Å². The Morgan fingerprint density at radius 1 is 0.895 bits per heavy atom. The zero-order chi connectivity index (χ0) is 26.5. The third-order valence-electron chi connectivity index (χ3n) is 6.88. The average molecular weight is 532 g/mol. The number of hydrogen-bond donors (Lipinski definition) is 2. The number of anilines is 1. The summed E-state index contributed by atoms with van der Waals surface area (Å²) in [7, 11) is 0. The van der Waals surface area contributed by atoms with Crippen LogP contribution in [-0.4, -0.2) is 59.6 Å². The van der Waals surface area contributed by atoms with Crippen molar-refractivity contribution < 1.29 is 4.79 Å². The van der Waals surface area contributed by atoms with Gasteiger partial charge in [0.15, 0.2) is 0 Å². The van der Waals surface area contributed by atoms with Crippen LogP contribution in [0.2, 0.25) is 5.02 Å². The fourth-order valence-corrected chi connectivity index (χ4v) is 5.03. The van der Waals surface area contributed by atoms with Crippen molar-refractivity contribution in [2.75, 3.05) is 44.2 Å². The molecule has 8 nitrogen and oxygen atoms in total. The van der Waals surface area contributed by atoms with Gasteiger partial charge in [-0.25, -0.2) is 9.36 Å². The molecule has 0 spiro atoms. The SMILES string of the molecule is O=C(Cc1ccc(-n2c(=O)[nH]c3ccccc3c2=O)cc1)NCCCN1CCN(c2cccc(Cl)c2)CC1. The van der Waals surface area contributed by atoms with E-state index in [0.29, 0.717) is 23.1 Å². The van der Waals surface area contributed by atoms with Crippen LogP contribution in [0.3, 0.4) is 0 Å². The van der Waals surface area contributed by atoms with Gasteiger partial charge in [0.1, 0.15) is 0 Å². The van der Waals surface area contributed by atoms with Crippen molar-refractivity contribution in [3.05, 3.63) is 104 Å². The minimum atomic E-state index is -0.495. The van der Waals surface area contributed by atoms with Gasteiger partial charge >= 0.3 is 5.69 Å². The maximum Gasteiger partial charge on any atom is 0.333 e. The predicted molar refractivity (Wildman–Crippen MR) is 152 cm³/mol. The summed E-state index contributed by atoms with van der Waals surface area (Å²) in [5.74, 6) is -0.0516. The zero-order valence-electron chi connectivity index (χ0n) is 21.0. The number of carbonyl (C=O) groups is 1. The van der Waals surface area contributed by atoms with Gasteiger partial charge in [-0.05, 0) is 61.0 Å². The number of halogens is 1. The molecule has 0 bridgehead atoms. The molecular formula is C29H30ClN5O3. The molecule has 1 fully saturated rings. The van der Waals surface area contributed by atoms with Gasteiger partial charge in [0.2, 0.25) is 5.91 Å². The Hall–Kier alpha value is -3.88. The van der Waals surface area contributed by atoms with Crippen LogP contribution in [-0.2, 0) is 11.2 Å². The lowest BCUT2D eigenvalue weighted by Crippen LogP contribution is -2.47. The van der Waals surface area contributed by atoms with Crippen LogP contribution >= 0.6 is 11.6 Å². The van der Waals surface area contributed by atoms with Crippen molar-refractivity contribution >= 4 is 34.1 Å². The number of hydrogen-bond acceptors (Lipinski definition) is 5. The van der Waals surface area contributed by atoms with Gasteiger partial charge in [-0.2, -0.15) is 0 Å². The first-order valence-electron chi connectivity index (χ1n) is 12.8. The van der Waals surface area contributed by atoms with Gasteiger partial charge in [0, 0.05) is 43.4 Å². The van der Waals surface area contributed by atoms with Gasteiger partial charge in [-0.15, -0.1) is 0 Å². The molecule has 3 aromatic carbocycles. The van der Waals surface area contributed by atoms with Crippen LogP contribution in [0.25, 0.3) is 16.6 Å². The monoisotopic (exact) mass is 531 g/mol. The van der Waals surface area contributed by atoms with E-state index in [4.69, 9.17) is 11.6 Å². The van der Waals surface area contributed by atoms with E-state index in [1.54, 1.807) is 48.5 Å². The largest absolute Gasteiger partial charge is 0.369 e. The van der Waals surface area contributed by atoms with E-state index in [-0.39, 0.29) is 17.9 Å². The predicted octanol–water partition coefficient (Wildman–Crippen LogP) is 3.20. The standard InChI is InChI=1S/C29H30ClN5O3/c30-22-5-3-6-24(20-22)34-17-15-33(16-18-34)14-4-13-31-27(36)19-21-9-11-23(12-10-21)35-28(37)25-7-1-2-8-26(25)32-29(35)38/h1-3,5-12,20H,4,13-19H2,(H,31,36)(H,32,38). The van der Waals surface area contributed by atoms with Crippen LogP contribution < -0.4 is 21.5 Å². The van der Waals surface area contributed by atoms with Crippen molar-refractivity contribution in [1.29, 1.82) is 0 Å². The number of aromatic nitrogens is 2. The fraction of sp³-hybridized carbons (Fsp3) is 0.276. The number of aromatic amines is 1. The number of H-pyrrole nitrogens is 1. The topological polar surface area (TPSA) is 90.4 Å². The van der Waals surface area contributed by atoms with Gasteiger partial charge < -0.3 is 15.2 Å². The molecule has 2 N–H and O–H groups in total. The Bertz CT molecular complexity index is 1540. The molecule has 1 aliphatic rings. The van der Waals surface area contributed by atoms with Gasteiger partial charge in [0.25, 0.3) is 5.56 Å². The molecular weight excluding hydrogens is 502 g/mol. The summed E-state index contributed by atoms with van der Waals surface area (Å²) in [5.41, 5.74) is 2.07. The number of benzene rings is 3. The number of piperazine rings is 1. The number of nitrogens with one attached hydrogen (secondary N) is 2. The molecule has 1 aliphatic heterocycles. The van der Waals surface area contributed by atoms with E-state index in [0.717, 1.165) is 60.0 Å². The second-order valence-electron chi connectivity index (χ2n) is 9.47. The molecule has 0 atom stereocenters. The molecule has 1 saturated heterocycles. The lowest BCUT2D eigenvalue weighted by Gasteiger charge is -2.36. The summed E-state index contributed by atoms with van der Waals surface area (Å²) < 4.78 is 1.11. The normalized spacial score (nSPS) is 14.1. The van der Waals surface area contributed by atoms with Crippen molar-refractivity contribution in [3.8, 4) is 5.69 Å². The minimum Gasteiger partial charge on any atom is -0.369 e. The number of nitrogens with zero attached hydrogens (tertiary/aromatic N) is 3. The van der Waals surface area contributed by atoms with E-state index < -0.39 is 5.69 Å². The van der Waals surface area contributed by atoms with Gasteiger partial charge in [0.05, 0.1) is 23.0 Å². The fourth-order valence-electron chi connectivity index (χ4n) is 4.84. The van der Waals surface area contributed by atoms with Crippen LogP contribution in [0, 0.1) is 0 Å². The first-order chi connectivity index (χ1) is 18.5. The maximum absolute atomic E-state index is 12.8. The molecule has 1 amide bonds. The molecule has 0 unspecified atom stereocenters. The summed E-state index contributed by atoms with van der Waals surface area (Å²) in [4.78, 5) is 45.3. The first kappa shape index (κ1) is 25.8. The second-order valence-corrected chi connectivity index (χ2v) is 9.91. The summed E-state index contributed by atoms with van der Waals surface area (Å²) in [6, 6.07) is 21.8. The summed E-state index contributed by atoms with van der Waals surface area (Å²) in [6.07, 6.45) is 1.12. The molecule has 0 saturated carbocycles. The van der Waals surface area contributed by atoms with Crippen LogP contribution in [0.5, 0.6) is 0 Å². The van der Waals surface area contributed by atoms with E-state index >= 15 is 0 Å². The lowest BCUT2D eigenvalue weighted by atomic mass is 10.1. The highest BCUT2D eigenvalue weighted by atomic mass is 35.5. The van der Waals surface area contributed by atoms with Crippen LogP contribution in [0.4, 0.5) is 5.69 Å². The van der Waals surface area contributed by atoms with Crippen molar-refractivity contribution in [1.82, 2.24) is 19.8 Å². The Labute approximate surface area is 225 Å². The number of para-hydroxylation sites is 1. The highest BCUT2D eigenvalue weighted by molar-refractivity contribution is 6.30. The molecule has 0 radical (unpaired) electrons. The molecule has 38 heavy (non-hydrogen) atoms. The number of fused-ring (bicyclic) bond motifs is 1. The van der Waals surface area contributed by atoms with Crippen LogP contribution in [0.15, 0.2) is 82.4 Å². The Morgan fingerprint density at radius 2 is 1.66 bits per heavy atom. The zero-order valence-corrected chi connectivity index (χ0v) is 21.8. The quantitative estimate of drug-likeness (QED) is 0.341. The summed E-state index contributed by atoms with van der Waals surface area (Å²) in [5, 5.41) is 4.20. The Balaban J connectivity index is 1.07. The first-order valence-corrected chi connectivity index (χ1v) is 13.2. The Morgan fingerprint density at radius 3 is 2.42 bits per heavy atom. The van der Waals surface area contributed by atoms with E-state index in [9.17, 15) is 14.4 Å². The van der Waals surface area contributed by atoms with Crippen molar-refractivity contribution in [2.45, 2.75) is 12.8 Å². The van der Waals surface area contributed by atoms with Crippen molar-refractivity contribution in [2.24, 2.45) is 0 Å². The van der Waals surface area contributed by atoms with E-state index in [2.05, 4.69) is 26.2 Å². The highest BCUT2D eigenvalue weighted by Gasteiger charge is 2.17. The van der Waals surface area contributed by atoms with Gasteiger partial charge in [-0.3, -0.25) is 14.5 Å². The molecule has 5 rings (SSSR count).